The first-order valence-corrected chi connectivity index (χ1v) is 7.28. The minimum Gasteiger partial charge on any atom is -0.480 e. The molecule has 1 unspecified atom stereocenters. The predicted molar refractivity (Wildman–Crippen MR) is 75.2 cm³/mol. The highest BCUT2D eigenvalue weighted by molar-refractivity contribution is 5.87. The van der Waals surface area contributed by atoms with Gasteiger partial charge in [0, 0.05) is 20.3 Å². The molecule has 1 atom stereocenters. The van der Waals surface area contributed by atoms with Gasteiger partial charge in [-0.25, -0.2) is 4.79 Å². The van der Waals surface area contributed by atoms with E-state index in [9.17, 15) is 14.7 Å². The van der Waals surface area contributed by atoms with Crippen LogP contribution in [0.3, 0.4) is 0 Å². The van der Waals surface area contributed by atoms with Crippen molar-refractivity contribution in [2.24, 2.45) is 11.1 Å². The Morgan fingerprint density at radius 2 is 2.00 bits per heavy atom. The van der Waals surface area contributed by atoms with Gasteiger partial charge in [-0.3, -0.25) is 4.79 Å². The van der Waals surface area contributed by atoms with Crippen LogP contribution in [0.15, 0.2) is 0 Å². The van der Waals surface area contributed by atoms with Gasteiger partial charge >= 0.3 is 5.97 Å². The fourth-order valence-corrected chi connectivity index (χ4v) is 2.75. The van der Waals surface area contributed by atoms with E-state index < -0.39 is 17.4 Å². The van der Waals surface area contributed by atoms with Gasteiger partial charge < -0.3 is 20.9 Å². The van der Waals surface area contributed by atoms with Crippen LogP contribution < -0.4 is 11.1 Å². The molecule has 6 heteroatoms. The number of hydrogen-bond donors (Lipinski definition) is 3. The number of nitrogens with one attached hydrogen (secondary N) is 1. The first kappa shape index (κ1) is 16.9. The summed E-state index contributed by atoms with van der Waals surface area (Å²) in [6.07, 6.45) is 5.54. The van der Waals surface area contributed by atoms with Gasteiger partial charge in [0.15, 0.2) is 0 Å². The molecule has 0 radical (unpaired) electrons. The molecule has 1 amide bonds. The van der Waals surface area contributed by atoms with E-state index in [0.717, 1.165) is 32.1 Å². The van der Waals surface area contributed by atoms with Crippen LogP contribution in [0.25, 0.3) is 0 Å². The third-order valence-corrected chi connectivity index (χ3v) is 4.13. The average molecular weight is 286 g/mol. The number of nitrogens with two attached hydrogens (primary N) is 1. The predicted octanol–water partition coefficient (Wildman–Crippen LogP) is 0.892. The maximum Gasteiger partial charge on any atom is 0.326 e. The Labute approximate surface area is 120 Å². The summed E-state index contributed by atoms with van der Waals surface area (Å²) in [5, 5.41) is 11.9. The summed E-state index contributed by atoms with van der Waals surface area (Å²) in [6, 6.07) is -0.858. The summed E-state index contributed by atoms with van der Waals surface area (Å²) in [6.45, 7) is 0.769. The standard InChI is InChI=1S/C14H26N2O4/c1-20-9-5-6-11(12(17)18)16-13(19)14(10-15)7-3-2-4-8-14/h11H,2-10,15H2,1H3,(H,16,19)(H,17,18). The molecular weight excluding hydrogens is 260 g/mol. The molecule has 4 N–H and O–H groups in total. The maximum atomic E-state index is 12.4. The SMILES string of the molecule is COCCCC(NC(=O)C1(CN)CCCCC1)C(=O)O. The summed E-state index contributed by atoms with van der Waals surface area (Å²) >= 11 is 0. The molecule has 1 aliphatic carbocycles. The van der Waals surface area contributed by atoms with E-state index in [1.165, 1.54) is 0 Å². The lowest BCUT2D eigenvalue weighted by molar-refractivity contribution is -0.144. The zero-order valence-electron chi connectivity index (χ0n) is 12.2. The largest absolute Gasteiger partial charge is 0.480 e. The van der Waals surface area contributed by atoms with E-state index in [4.69, 9.17) is 10.5 Å². The van der Waals surface area contributed by atoms with Crippen LogP contribution in [0, 0.1) is 5.41 Å². The topological polar surface area (TPSA) is 102 Å². The number of hydrogen-bond acceptors (Lipinski definition) is 4. The van der Waals surface area contributed by atoms with Crippen molar-refractivity contribution in [2.75, 3.05) is 20.3 Å². The van der Waals surface area contributed by atoms with Crippen LogP contribution in [0.4, 0.5) is 0 Å². The van der Waals surface area contributed by atoms with Crippen LogP contribution in [0.5, 0.6) is 0 Å². The van der Waals surface area contributed by atoms with E-state index in [2.05, 4.69) is 5.32 Å². The van der Waals surface area contributed by atoms with E-state index >= 15 is 0 Å². The highest BCUT2D eigenvalue weighted by Crippen LogP contribution is 2.35. The third-order valence-electron chi connectivity index (χ3n) is 4.13. The van der Waals surface area contributed by atoms with Crippen molar-refractivity contribution in [1.82, 2.24) is 5.32 Å². The molecule has 1 aliphatic rings. The van der Waals surface area contributed by atoms with Crippen molar-refractivity contribution >= 4 is 11.9 Å². The highest BCUT2D eigenvalue weighted by Gasteiger charge is 2.39. The summed E-state index contributed by atoms with van der Waals surface area (Å²) in [5.41, 5.74) is 5.21. The number of ether oxygens (including phenoxy) is 1. The number of amides is 1. The maximum absolute atomic E-state index is 12.4. The van der Waals surface area contributed by atoms with E-state index in [0.29, 0.717) is 19.4 Å². The van der Waals surface area contributed by atoms with Crippen molar-refractivity contribution in [3.63, 3.8) is 0 Å². The third kappa shape index (κ3) is 4.45. The Bertz CT molecular complexity index is 327. The number of carboxylic acids is 1. The molecule has 0 heterocycles. The smallest absolute Gasteiger partial charge is 0.326 e. The molecular formula is C14H26N2O4. The van der Waals surface area contributed by atoms with Crippen LogP contribution in [0.2, 0.25) is 0 Å². The first-order valence-electron chi connectivity index (χ1n) is 7.28. The number of carbonyl (C=O) groups excluding carboxylic acids is 1. The number of carboxylic acid groups (broad SMARTS) is 1. The minimum atomic E-state index is -1.00. The second kappa shape index (κ2) is 8.21. The molecule has 6 nitrogen and oxygen atoms in total. The normalized spacial score (nSPS) is 19.3. The Balaban J connectivity index is 2.61. The lowest BCUT2D eigenvalue weighted by Gasteiger charge is -2.35. The van der Waals surface area contributed by atoms with Gasteiger partial charge in [-0.2, -0.15) is 0 Å². The van der Waals surface area contributed by atoms with Crippen molar-refractivity contribution in [2.45, 2.75) is 51.0 Å². The van der Waals surface area contributed by atoms with Gasteiger partial charge in [-0.05, 0) is 25.7 Å². The molecule has 1 rings (SSSR count). The van der Waals surface area contributed by atoms with Gasteiger partial charge in [-0.15, -0.1) is 0 Å². The van der Waals surface area contributed by atoms with Crippen LogP contribution >= 0.6 is 0 Å². The Hall–Kier alpha value is -1.14. The summed E-state index contributed by atoms with van der Waals surface area (Å²) in [4.78, 5) is 23.6. The van der Waals surface area contributed by atoms with E-state index in [1.54, 1.807) is 7.11 Å². The minimum absolute atomic E-state index is 0.204. The lowest BCUT2D eigenvalue weighted by Crippen LogP contribution is -2.52. The zero-order chi connectivity index (χ0) is 15.0. The fourth-order valence-electron chi connectivity index (χ4n) is 2.75. The van der Waals surface area contributed by atoms with Crippen molar-refractivity contribution < 1.29 is 19.4 Å². The zero-order valence-corrected chi connectivity index (χ0v) is 12.2. The molecule has 0 aromatic heterocycles. The molecule has 0 bridgehead atoms. The molecule has 116 valence electrons. The Morgan fingerprint density at radius 3 is 2.50 bits per heavy atom. The highest BCUT2D eigenvalue weighted by atomic mass is 16.5. The van der Waals surface area contributed by atoms with Gasteiger partial charge in [0.25, 0.3) is 0 Å². The molecule has 1 saturated carbocycles. The van der Waals surface area contributed by atoms with Gasteiger partial charge in [-0.1, -0.05) is 19.3 Å². The van der Waals surface area contributed by atoms with E-state index in [1.807, 2.05) is 0 Å². The molecule has 0 spiro atoms. The summed E-state index contributed by atoms with van der Waals surface area (Å²) in [7, 11) is 1.57. The van der Waals surface area contributed by atoms with Crippen LogP contribution in [0.1, 0.15) is 44.9 Å². The molecule has 0 saturated heterocycles. The second-order valence-corrected chi connectivity index (χ2v) is 5.54. The van der Waals surface area contributed by atoms with Gasteiger partial charge in [0.05, 0.1) is 5.41 Å². The van der Waals surface area contributed by atoms with Gasteiger partial charge in [0.1, 0.15) is 6.04 Å². The molecule has 20 heavy (non-hydrogen) atoms. The van der Waals surface area contributed by atoms with Crippen molar-refractivity contribution in [3.8, 4) is 0 Å². The quantitative estimate of drug-likeness (QED) is 0.575. The molecule has 0 aliphatic heterocycles. The van der Waals surface area contributed by atoms with Crippen LogP contribution in [-0.4, -0.2) is 43.3 Å². The second-order valence-electron chi connectivity index (χ2n) is 5.54. The Kier molecular flexibility index (Phi) is 6.95. The van der Waals surface area contributed by atoms with Crippen LogP contribution in [-0.2, 0) is 14.3 Å². The molecule has 1 fully saturated rings. The molecule has 0 aromatic rings. The number of methoxy groups -OCH3 is 1. The fraction of sp³-hybridized carbons (Fsp3) is 0.857. The Morgan fingerprint density at radius 1 is 1.35 bits per heavy atom. The number of carbonyl (C=O) groups is 2. The van der Waals surface area contributed by atoms with Gasteiger partial charge in [0.2, 0.25) is 5.91 Å². The van der Waals surface area contributed by atoms with E-state index in [-0.39, 0.29) is 12.5 Å². The lowest BCUT2D eigenvalue weighted by atomic mass is 9.73. The number of aliphatic carboxylic acids is 1. The van der Waals surface area contributed by atoms with Crippen molar-refractivity contribution in [3.05, 3.63) is 0 Å². The monoisotopic (exact) mass is 286 g/mol. The summed E-state index contributed by atoms with van der Waals surface area (Å²) in [5.74, 6) is -1.21. The average Bonchev–Trinajstić information content (AvgIpc) is 2.46. The van der Waals surface area contributed by atoms with Crippen molar-refractivity contribution in [1.29, 1.82) is 0 Å². The molecule has 0 aromatic carbocycles. The first-order chi connectivity index (χ1) is 9.55. The number of rotatable bonds is 8. The summed E-state index contributed by atoms with van der Waals surface area (Å²) < 4.78 is 4.91.